The summed E-state index contributed by atoms with van der Waals surface area (Å²) in [5.41, 5.74) is 1.44. The van der Waals surface area contributed by atoms with Gasteiger partial charge in [0.15, 0.2) is 0 Å². The van der Waals surface area contributed by atoms with E-state index in [0.29, 0.717) is 42.9 Å². The van der Waals surface area contributed by atoms with Crippen molar-refractivity contribution in [2.24, 2.45) is 0 Å². The van der Waals surface area contributed by atoms with Gasteiger partial charge in [0.05, 0.1) is 10.8 Å². The predicted octanol–water partition coefficient (Wildman–Crippen LogP) is 2.35. The predicted molar refractivity (Wildman–Crippen MR) is 99.6 cm³/mol. The molecule has 2 heterocycles. The molecular formula is C17H19BrFN5O3. The van der Waals surface area contributed by atoms with Crippen molar-refractivity contribution in [1.29, 1.82) is 0 Å². The second-order valence-electron chi connectivity index (χ2n) is 6.42. The van der Waals surface area contributed by atoms with Crippen LogP contribution in [0.15, 0.2) is 28.7 Å². The summed E-state index contributed by atoms with van der Waals surface area (Å²) in [6.45, 7) is 4.75. The van der Waals surface area contributed by atoms with Crippen molar-refractivity contribution in [1.82, 2.24) is 19.6 Å². The number of hydrogen-bond donors (Lipinski definition) is 0. The maximum Gasteiger partial charge on any atom is 0.404 e. The van der Waals surface area contributed by atoms with E-state index in [9.17, 15) is 19.3 Å². The van der Waals surface area contributed by atoms with Crippen LogP contribution in [0.2, 0.25) is 0 Å². The summed E-state index contributed by atoms with van der Waals surface area (Å²) in [7, 11) is 0. The number of halogens is 2. The lowest BCUT2D eigenvalue weighted by atomic mass is 10.2. The van der Waals surface area contributed by atoms with Crippen molar-refractivity contribution in [3.63, 3.8) is 0 Å². The number of piperazine rings is 1. The first-order valence-corrected chi connectivity index (χ1v) is 9.26. The highest BCUT2D eigenvalue weighted by atomic mass is 79.9. The summed E-state index contributed by atoms with van der Waals surface area (Å²) >= 11 is 3.15. The molecule has 0 bridgehead atoms. The second kappa shape index (κ2) is 8.13. The van der Waals surface area contributed by atoms with E-state index in [1.165, 1.54) is 16.8 Å². The van der Waals surface area contributed by atoms with Crippen LogP contribution in [0.5, 0.6) is 0 Å². The maximum atomic E-state index is 13.3. The number of nitro groups is 1. The molecule has 0 unspecified atom stereocenters. The van der Waals surface area contributed by atoms with Gasteiger partial charge in [0, 0.05) is 32.7 Å². The third-order valence-electron chi connectivity index (χ3n) is 4.59. The normalized spacial score (nSPS) is 15.1. The molecule has 0 N–H and O–H groups in total. The van der Waals surface area contributed by atoms with Crippen molar-refractivity contribution in [3.8, 4) is 0 Å². The molecule has 1 aliphatic heterocycles. The van der Waals surface area contributed by atoms with Gasteiger partial charge in [-0.2, -0.15) is 4.68 Å². The number of amides is 1. The van der Waals surface area contributed by atoms with Crippen LogP contribution >= 0.6 is 15.9 Å². The molecule has 144 valence electrons. The van der Waals surface area contributed by atoms with Crippen LogP contribution in [-0.2, 0) is 17.9 Å². The highest BCUT2D eigenvalue weighted by Gasteiger charge is 2.27. The van der Waals surface area contributed by atoms with Gasteiger partial charge in [-0.05, 0) is 45.5 Å². The summed E-state index contributed by atoms with van der Waals surface area (Å²) in [5, 5.41) is 14.9. The largest absolute Gasteiger partial charge is 0.404 e. The number of benzene rings is 1. The molecule has 27 heavy (non-hydrogen) atoms. The first kappa shape index (κ1) is 19.4. The minimum atomic E-state index is -0.580. The third-order valence-corrected chi connectivity index (χ3v) is 5.52. The van der Waals surface area contributed by atoms with Gasteiger partial charge in [-0.15, -0.1) is 0 Å². The van der Waals surface area contributed by atoms with Crippen LogP contribution < -0.4 is 0 Å². The molecule has 8 nitrogen and oxygen atoms in total. The topological polar surface area (TPSA) is 84.5 Å². The van der Waals surface area contributed by atoms with Gasteiger partial charge in [-0.1, -0.05) is 12.1 Å². The number of rotatable bonds is 5. The SMILES string of the molecule is Cc1c(Br)c([N+](=O)[O-])nn1CC(=O)N1CCN(Cc2cccc(F)c2)CC1. The van der Waals surface area contributed by atoms with E-state index >= 15 is 0 Å². The number of nitrogens with zero attached hydrogens (tertiary/aromatic N) is 5. The summed E-state index contributed by atoms with van der Waals surface area (Å²) in [4.78, 5) is 26.8. The summed E-state index contributed by atoms with van der Waals surface area (Å²) in [6.07, 6.45) is 0. The third kappa shape index (κ3) is 4.51. The Morgan fingerprint density at radius 3 is 2.63 bits per heavy atom. The van der Waals surface area contributed by atoms with Crippen LogP contribution in [0.25, 0.3) is 0 Å². The summed E-state index contributed by atoms with van der Waals surface area (Å²) < 4.78 is 14.9. The fourth-order valence-corrected chi connectivity index (χ4v) is 3.48. The van der Waals surface area contributed by atoms with Crippen molar-refractivity contribution in [2.75, 3.05) is 26.2 Å². The molecule has 1 saturated heterocycles. The summed E-state index contributed by atoms with van der Waals surface area (Å²) in [6, 6.07) is 6.50. The highest BCUT2D eigenvalue weighted by molar-refractivity contribution is 9.10. The van der Waals surface area contributed by atoms with Crippen molar-refractivity contribution in [2.45, 2.75) is 20.0 Å². The molecule has 1 aromatic heterocycles. The second-order valence-corrected chi connectivity index (χ2v) is 7.22. The summed E-state index contributed by atoms with van der Waals surface area (Å²) in [5.74, 6) is -0.676. The van der Waals surface area contributed by atoms with E-state index in [2.05, 4.69) is 25.9 Å². The number of carbonyl (C=O) groups excluding carboxylic acids is 1. The molecule has 0 atom stereocenters. The average molecular weight is 440 g/mol. The van der Waals surface area contributed by atoms with Crippen LogP contribution in [0.1, 0.15) is 11.3 Å². The zero-order chi connectivity index (χ0) is 19.6. The molecule has 1 fully saturated rings. The van der Waals surface area contributed by atoms with Crippen LogP contribution in [0.3, 0.4) is 0 Å². The van der Waals surface area contributed by atoms with Crippen LogP contribution in [0, 0.1) is 22.9 Å². The Bertz CT molecular complexity index is 864. The number of carbonyl (C=O) groups is 1. The average Bonchev–Trinajstić information content (AvgIpc) is 2.91. The molecule has 0 aliphatic carbocycles. The van der Waals surface area contributed by atoms with E-state index in [-0.39, 0.29) is 24.1 Å². The first-order valence-electron chi connectivity index (χ1n) is 8.47. The highest BCUT2D eigenvalue weighted by Crippen LogP contribution is 2.27. The molecule has 0 spiro atoms. The van der Waals surface area contributed by atoms with Gasteiger partial charge in [0.1, 0.15) is 16.8 Å². The Morgan fingerprint density at radius 2 is 2.04 bits per heavy atom. The standard InChI is InChI=1S/C17H19BrFN5O3/c1-12-16(18)17(24(26)27)20-23(12)11-15(25)22-7-5-21(6-8-22)10-13-3-2-4-14(19)9-13/h2-4,9H,5-8,10-11H2,1H3. The van der Waals surface area contributed by atoms with E-state index in [1.807, 2.05) is 6.07 Å². The molecule has 1 aromatic carbocycles. The quantitative estimate of drug-likeness (QED) is 0.527. The Labute approximate surface area is 163 Å². The Hall–Kier alpha value is -2.33. The zero-order valence-electron chi connectivity index (χ0n) is 14.8. The van der Waals surface area contributed by atoms with Crippen molar-refractivity contribution in [3.05, 3.63) is 55.9 Å². The number of hydrogen-bond acceptors (Lipinski definition) is 5. The Morgan fingerprint density at radius 1 is 1.33 bits per heavy atom. The van der Waals surface area contributed by atoms with E-state index < -0.39 is 4.92 Å². The van der Waals surface area contributed by atoms with Gasteiger partial charge in [-0.3, -0.25) is 9.69 Å². The molecule has 0 radical (unpaired) electrons. The maximum absolute atomic E-state index is 13.3. The van der Waals surface area contributed by atoms with E-state index in [4.69, 9.17) is 0 Å². The molecule has 3 rings (SSSR count). The molecule has 1 amide bonds. The minimum Gasteiger partial charge on any atom is -0.358 e. The van der Waals surface area contributed by atoms with Gasteiger partial charge >= 0.3 is 5.82 Å². The molecular weight excluding hydrogens is 421 g/mol. The minimum absolute atomic E-state index is 0.0395. The van der Waals surface area contributed by atoms with Crippen molar-refractivity contribution >= 4 is 27.7 Å². The molecule has 10 heteroatoms. The molecule has 2 aromatic rings. The monoisotopic (exact) mass is 439 g/mol. The number of aromatic nitrogens is 2. The van der Waals surface area contributed by atoms with Crippen molar-refractivity contribution < 1.29 is 14.1 Å². The Kier molecular flexibility index (Phi) is 5.85. The zero-order valence-corrected chi connectivity index (χ0v) is 16.4. The van der Waals surface area contributed by atoms with E-state index in [0.717, 1.165) is 5.56 Å². The fraction of sp³-hybridized carbons (Fsp3) is 0.412. The molecule has 0 saturated carbocycles. The lowest BCUT2D eigenvalue weighted by molar-refractivity contribution is -0.390. The van der Waals surface area contributed by atoms with Crippen LogP contribution in [0.4, 0.5) is 10.2 Å². The lowest BCUT2D eigenvalue weighted by Crippen LogP contribution is -2.49. The fourth-order valence-electron chi connectivity index (χ4n) is 3.06. The van der Waals surface area contributed by atoms with E-state index in [1.54, 1.807) is 17.9 Å². The first-order chi connectivity index (χ1) is 12.8. The van der Waals surface area contributed by atoms with Gasteiger partial charge < -0.3 is 15.0 Å². The Balaban J connectivity index is 1.56. The van der Waals surface area contributed by atoms with Gasteiger partial charge in [0.2, 0.25) is 5.91 Å². The molecule has 1 aliphatic rings. The van der Waals surface area contributed by atoms with Crippen LogP contribution in [-0.4, -0.2) is 56.6 Å². The van der Waals surface area contributed by atoms with Gasteiger partial charge in [-0.25, -0.2) is 4.39 Å². The lowest BCUT2D eigenvalue weighted by Gasteiger charge is -2.34. The van der Waals surface area contributed by atoms with Gasteiger partial charge in [0.25, 0.3) is 0 Å². The smallest absolute Gasteiger partial charge is 0.358 e.